The summed E-state index contributed by atoms with van der Waals surface area (Å²) in [6.45, 7) is 3.78. The molecule has 1 aliphatic rings. The topological polar surface area (TPSA) is 32.3 Å². The number of nitrogens with one attached hydrogen (secondary N) is 1. The van der Waals surface area contributed by atoms with Crippen molar-refractivity contribution in [2.45, 2.75) is 31.4 Å². The SMILES string of the molecule is Cc1ccccc1C(=O)NCC1(c2ccccc2)CCN(C=Cc2ccccc2C(F)(F)F)CC1. The fourth-order valence-corrected chi connectivity index (χ4v) is 4.72. The zero-order valence-electron chi connectivity index (χ0n) is 19.7. The van der Waals surface area contributed by atoms with Gasteiger partial charge < -0.3 is 10.2 Å². The number of piperidine rings is 1. The second kappa shape index (κ2) is 10.4. The highest BCUT2D eigenvalue weighted by Crippen LogP contribution is 2.36. The highest BCUT2D eigenvalue weighted by Gasteiger charge is 2.36. The average molecular weight is 479 g/mol. The number of likely N-dealkylation sites (tertiary alicyclic amines) is 1. The number of benzene rings is 3. The van der Waals surface area contributed by atoms with E-state index in [0.29, 0.717) is 25.2 Å². The molecule has 4 rings (SSSR count). The van der Waals surface area contributed by atoms with E-state index in [9.17, 15) is 18.0 Å². The zero-order chi connectivity index (χ0) is 24.9. The van der Waals surface area contributed by atoms with Crippen LogP contribution in [0.3, 0.4) is 0 Å². The van der Waals surface area contributed by atoms with E-state index in [2.05, 4.69) is 22.3 Å². The molecule has 0 unspecified atom stereocenters. The van der Waals surface area contributed by atoms with Crippen molar-refractivity contribution in [3.8, 4) is 0 Å². The molecule has 1 N–H and O–H groups in total. The summed E-state index contributed by atoms with van der Waals surface area (Å²) in [5.74, 6) is -0.0931. The third kappa shape index (κ3) is 5.76. The molecule has 35 heavy (non-hydrogen) atoms. The van der Waals surface area contributed by atoms with Crippen LogP contribution in [0.2, 0.25) is 0 Å². The zero-order valence-corrected chi connectivity index (χ0v) is 19.7. The molecule has 0 bridgehead atoms. The summed E-state index contributed by atoms with van der Waals surface area (Å²) >= 11 is 0. The minimum absolute atomic E-state index is 0.0931. The molecule has 0 saturated carbocycles. The molecule has 3 aromatic carbocycles. The molecule has 1 fully saturated rings. The number of amides is 1. The van der Waals surface area contributed by atoms with Gasteiger partial charge in [-0.25, -0.2) is 0 Å². The maximum atomic E-state index is 13.3. The number of halogens is 3. The van der Waals surface area contributed by atoms with E-state index in [4.69, 9.17) is 0 Å². The summed E-state index contributed by atoms with van der Waals surface area (Å²) in [6.07, 6.45) is 0.455. The number of aryl methyl sites for hydroxylation is 1. The highest BCUT2D eigenvalue weighted by atomic mass is 19.4. The van der Waals surface area contributed by atoms with Gasteiger partial charge >= 0.3 is 6.18 Å². The Morgan fingerprint density at radius 3 is 2.26 bits per heavy atom. The molecule has 1 aliphatic heterocycles. The fraction of sp³-hybridized carbons (Fsp3) is 0.276. The Morgan fingerprint density at radius 1 is 0.943 bits per heavy atom. The first-order valence-electron chi connectivity index (χ1n) is 11.8. The second-order valence-corrected chi connectivity index (χ2v) is 9.08. The minimum atomic E-state index is -4.39. The van der Waals surface area contributed by atoms with Crippen LogP contribution in [0.25, 0.3) is 6.08 Å². The van der Waals surface area contributed by atoms with Crippen LogP contribution in [-0.4, -0.2) is 30.4 Å². The smallest absolute Gasteiger partial charge is 0.377 e. The lowest BCUT2D eigenvalue weighted by Gasteiger charge is -2.42. The number of carbonyl (C=O) groups is 1. The first-order valence-corrected chi connectivity index (χ1v) is 11.8. The first-order chi connectivity index (χ1) is 16.8. The van der Waals surface area contributed by atoms with Crippen molar-refractivity contribution in [2.24, 2.45) is 0 Å². The van der Waals surface area contributed by atoms with E-state index < -0.39 is 11.7 Å². The summed E-state index contributed by atoms with van der Waals surface area (Å²) in [7, 11) is 0. The molecule has 6 heteroatoms. The van der Waals surface area contributed by atoms with Gasteiger partial charge in [0.1, 0.15) is 0 Å². The van der Waals surface area contributed by atoms with Gasteiger partial charge in [-0.3, -0.25) is 4.79 Å². The van der Waals surface area contributed by atoms with Crippen molar-refractivity contribution in [2.75, 3.05) is 19.6 Å². The largest absolute Gasteiger partial charge is 0.416 e. The number of nitrogens with zero attached hydrogens (tertiary/aromatic N) is 1. The van der Waals surface area contributed by atoms with Crippen molar-refractivity contribution in [3.05, 3.63) is 113 Å². The number of hydrogen-bond donors (Lipinski definition) is 1. The van der Waals surface area contributed by atoms with Gasteiger partial charge in [0.25, 0.3) is 5.91 Å². The molecule has 1 amide bonds. The molecule has 0 aromatic heterocycles. The summed E-state index contributed by atoms with van der Waals surface area (Å²) in [5.41, 5.74) is 2.04. The maximum absolute atomic E-state index is 13.3. The molecule has 3 aromatic rings. The molecule has 0 spiro atoms. The predicted octanol–water partition coefficient (Wildman–Crippen LogP) is 6.45. The van der Waals surface area contributed by atoms with E-state index in [1.165, 1.54) is 18.2 Å². The monoisotopic (exact) mass is 478 g/mol. The van der Waals surface area contributed by atoms with Gasteiger partial charge in [-0.2, -0.15) is 13.2 Å². The van der Waals surface area contributed by atoms with Crippen molar-refractivity contribution >= 4 is 12.0 Å². The Bertz CT molecular complexity index is 1180. The fourth-order valence-electron chi connectivity index (χ4n) is 4.72. The Morgan fingerprint density at radius 2 is 1.57 bits per heavy atom. The molecule has 182 valence electrons. The normalized spacial score (nSPS) is 15.8. The summed E-state index contributed by atoms with van der Waals surface area (Å²) in [4.78, 5) is 14.9. The van der Waals surface area contributed by atoms with Gasteiger partial charge in [0, 0.05) is 30.6 Å². The summed E-state index contributed by atoms with van der Waals surface area (Å²) in [6, 6.07) is 23.3. The summed E-state index contributed by atoms with van der Waals surface area (Å²) < 4.78 is 40.0. The Hall–Kier alpha value is -3.54. The molecular weight excluding hydrogens is 449 g/mol. The van der Waals surface area contributed by atoms with Crippen molar-refractivity contribution in [1.29, 1.82) is 0 Å². The molecule has 1 heterocycles. The number of rotatable bonds is 6. The molecule has 3 nitrogen and oxygen atoms in total. The minimum Gasteiger partial charge on any atom is -0.377 e. The predicted molar refractivity (Wildman–Crippen MR) is 133 cm³/mol. The third-order valence-electron chi connectivity index (χ3n) is 6.85. The molecular formula is C29H29F3N2O. The Kier molecular flexibility index (Phi) is 7.29. The number of alkyl halides is 3. The molecule has 0 radical (unpaired) electrons. The lowest BCUT2D eigenvalue weighted by molar-refractivity contribution is -0.137. The first kappa shape index (κ1) is 24.6. The maximum Gasteiger partial charge on any atom is 0.416 e. The van der Waals surface area contributed by atoms with Crippen LogP contribution in [-0.2, 0) is 11.6 Å². The van der Waals surface area contributed by atoms with Crippen LogP contribution in [0.5, 0.6) is 0 Å². The third-order valence-corrected chi connectivity index (χ3v) is 6.85. The highest BCUT2D eigenvalue weighted by molar-refractivity contribution is 5.95. The van der Waals surface area contributed by atoms with Gasteiger partial charge in [-0.1, -0.05) is 66.7 Å². The van der Waals surface area contributed by atoms with Gasteiger partial charge in [-0.15, -0.1) is 0 Å². The van der Waals surface area contributed by atoms with Crippen LogP contribution in [0.1, 0.15) is 45.5 Å². The van der Waals surface area contributed by atoms with Gasteiger partial charge in [0.2, 0.25) is 0 Å². The van der Waals surface area contributed by atoms with E-state index in [-0.39, 0.29) is 16.9 Å². The number of hydrogen-bond acceptors (Lipinski definition) is 2. The van der Waals surface area contributed by atoms with E-state index in [0.717, 1.165) is 30.0 Å². The molecule has 0 atom stereocenters. The lowest BCUT2D eigenvalue weighted by atomic mass is 9.72. The standard InChI is InChI=1S/C29H29F3N2O/c1-22-9-5-7-13-25(22)27(35)33-21-28(24-11-3-2-4-12-24)16-19-34(20-17-28)18-15-23-10-6-8-14-26(23)29(30,31)32/h2-15,18H,16-17,19-21H2,1H3,(H,33,35). The summed E-state index contributed by atoms with van der Waals surface area (Å²) in [5, 5.41) is 3.15. The van der Waals surface area contributed by atoms with Crippen LogP contribution in [0.15, 0.2) is 85.1 Å². The quantitative estimate of drug-likeness (QED) is 0.442. The van der Waals surface area contributed by atoms with Crippen LogP contribution in [0.4, 0.5) is 13.2 Å². The van der Waals surface area contributed by atoms with Crippen LogP contribution >= 0.6 is 0 Å². The van der Waals surface area contributed by atoms with Crippen LogP contribution < -0.4 is 5.32 Å². The average Bonchev–Trinajstić information content (AvgIpc) is 2.87. The van der Waals surface area contributed by atoms with Gasteiger partial charge in [-0.05, 0) is 60.9 Å². The van der Waals surface area contributed by atoms with Crippen molar-refractivity contribution in [1.82, 2.24) is 10.2 Å². The van der Waals surface area contributed by atoms with E-state index in [1.54, 1.807) is 12.3 Å². The van der Waals surface area contributed by atoms with E-state index in [1.807, 2.05) is 49.4 Å². The van der Waals surface area contributed by atoms with Gasteiger partial charge in [0.05, 0.1) is 5.56 Å². The molecule has 1 saturated heterocycles. The molecule has 0 aliphatic carbocycles. The Labute approximate surface area is 204 Å². The Balaban J connectivity index is 1.48. The van der Waals surface area contributed by atoms with Crippen LogP contribution in [0, 0.1) is 6.92 Å². The lowest BCUT2D eigenvalue weighted by Crippen LogP contribution is -2.47. The van der Waals surface area contributed by atoms with Crippen molar-refractivity contribution in [3.63, 3.8) is 0 Å². The van der Waals surface area contributed by atoms with Crippen molar-refractivity contribution < 1.29 is 18.0 Å². The number of carbonyl (C=O) groups excluding carboxylic acids is 1. The van der Waals surface area contributed by atoms with E-state index >= 15 is 0 Å². The van der Waals surface area contributed by atoms with Gasteiger partial charge in [0.15, 0.2) is 0 Å². The second-order valence-electron chi connectivity index (χ2n) is 9.08.